The molecule has 0 heterocycles. The van der Waals surface area contributed by atoms with Crippen LogP contribution in [0.5, 0.6) is 0 Å². The van der Waals surface area contributed by atoms with Gasteiger partial charge in [-0.25, -0.2) is 8.42 Å². The van der Waals surface area contributed by atoms with Gasteiger partial charge in [-0.15, -0.1) is 0 Å². The molecule has 0 saturated heterocycles. The van der Waals surface area contributed by atoms with E-state index in [0.717, 1.165) is 25.7 Å². The minimum Gasteiger partial charge on any atom is -0.388 e. The third-order valence-electron chi connectivity index (χ3n) is 3.74. The van der Waals surface area contributed by atoms with Crippen LogP contribution in [0, 0.1) is 0 Å². The van der Waals surface area contributed by atoms with Gasteiger partial charge in [-0.1, -0.05) is 25.0 Å². The Labute approximate surface area is 115 Å². The molecule has 1 aliphatic rings. The Bertz CT molecular complexity index is 548. The Balaban J connectivity index is 2.27. The van der Waals surface area contributed by atoms with E-state index >= 15 is 0 Å². The predicted molar refractivity (Wildman–Crippen MR) is 76.2 cm³/mol. The first-order valence-corrected chi connectivity index (χ1v) is 8.44. The van der Waals surface area contributed by atoms with E-state index in [1.54, 1.807) is 18.2 Å². The summed E-state index contributed by atoms with van der Waals surface area (Å²) in [5.74, 6) is 0. The van der Waals surface area contributed by atoms with Crippen LogP contribution in [0.2, 0.25) is 0 Å². The maximum Gasteiger partial charge on any atom is 0.177 e. The van der Waals surface area contributed by atoms with Gasteiger partial charge in [0.15, 0.2) is 9.84 Å². The van der Waals surface area contributed by atoms with E-state index in [0.29, 0.717) is 17.1 Å². The zero-order valence-corrected chi connectivity index (χ0v) is 12.3. The molecule has 0 spiro atoms. The van der Waals surface area contributed by atoms with Crippen molar-refractivity contribution in [3.63, 3.8) is 0 Å². The SMILES string of the molecule is CN(CC1(O)CCCC1)c1ccccc1S(C)(=O)=O. The van der Waals surface area contributed by atoms with Crippen LogP contribution in [-0.2, 0) is 9.84 Å². The van der Waals surface area contributed by atoms with E-state index in [4.69, 9.17) is 0 Å². The lowest BCUT2D eigenvalue weighted by atomic mass is 10.0. The molecule has 0 unspecified atom stereocenters. The molecular formula is C14H21NO3S. The van der Waals surface area contributed by atoms with Crippen molar-refractivity contribution in [3.8, 4) is 0 Å². The first-order valence-electron chi connectivity index (χ1n) is 6.54. The van der Waals surface area contributed by atoms with Gasteiger partial charge in [0.2, 0.25) is 0 Å². The van der Waals surface area contributed by atoms with Crippen molar-refractivity contribution in [2.45, 2.75) is 36.2 Å². The number of hydrogen-bond donors (Lipinski definition) is 1. The predicted octanol–water partition coefficient (Wildman–Crippen LogP) is 1.83. The third kappa shape index (κ3) is 3.28. The van der Waals surface area contributed by atoms with Crippen LogP contribution in [0.1, 0.15) is 25.7 Å². The van der Waals surface area contributed by atoms with Crippen molar-refractivity contribution in [1.29, 1.82) is 0 Å². The van der Waals surface area contributed by atoms with Gasteiger partial charge in [0.25, 0.3) is 0 Å². The van der Waals surface area contributed by atoms with E-state index in [-0.39, 0.29) is 0 Å². The van der Waals surface area contributed by atoms with Crippen LogP contribution in [-0.4, -0.2) is 39.0 Å². The molecule has 0 aromatic heterocycles. The molecule has 4 nitrogen and oxygen atoms in total. The van der Waals surface area contributed by atoms with Crippen LogP contribution < -0.4 is 4.90 Å². The highest BCUT2D eigenvalue weighted by Crippen LogP contribution is 2.32. The van der Waals surface area contributed by atoms with Gasteiger partial charge >= 0.3 is 0 Å². The number of rotatable bonds is 4. The van der Waals surface area contributed by atoms with Crippen LogP contribution in [0.3, 0.4) is 0 Å². The summed E-state index contributed by atoms with van der Waals surface area (Å²) in [4.78, 5) is 2.17. The fourth-order valence-electron chi connectivity index (χ4n) is 2.80. The van der Waals surface area contributed by atoms with E-state index in [9.17, 15) is 13.5 Å². The molecule has 0 bridgehead atoms. The number of nitrogens with zero attached hydrogens (tertiary/aromatic N) is 1. The lowest BCUT2D eigenvalue weighted by Crippen LogP contribution is -2.39. The highest BCUT2D eigenvalue weighted by atomic mass is 32.2. The largest absolute Gasteiger partial charge is 0.388 e. The molecule has 2 rings (SSSR count). The van der Waals surface area contributed by atoms with E-state index < -0.39 is 15.4 Å². The van der Waals surface area contributed by atoms with E-state index in [1.807, 2.05) is 18.0 Å². The first kappa shape index (κ1) is 14.3. The van der Waals surface area contributed by atoms with E-state index in [2.05, 4.69) is 0 Å². The summed E-state index contributed by atoms with van der Waals surface area (Å²) >= 11 is 0. The van der Waals surface area contributed by atoms with Gasteiger partial charge in [-0.2, -0.15) is 0 Å². The van der Waals surface area contributed by atoms with Gasteiger partial charge in [-0.05, 0) is 25.0 Å². The van der Waals surface area contributed by atoms with Crippen molar-refractivity contribution in [1.82, 2.24) is 0 Å². The smallest absolute Gasteiger partial charge is 0.177 e. The number of benzene rings is 1. The highest BCUT2D eigenvalue weighted by molar-refractivity contribution is 7.90. The summed E-state index contributed by atoms with van der Waals surface area (Å²) in [6.45, 7) is 0.472. The molecule has 0 aliphatic heterocycles. The Morgan fingerprint density at radius 2 is 1.84 bits per heavy atom. The van der Waals surface area contributed by atoms with Gasteiger partial charge in [0.1, 0.15) is 0 Å². The molecule has 106 valence electrons. The molecule has 1 aromatic rings. The summed E-state index contributed by atoms with van der Waals surface area (Å²) in [5.41, 5.74) is -0.0235. The summed E-state index contributed by atoms with van der Waals surface area (Å²) in [6, 6.07) is 6.94. The van der Waals surface area contributed by atoms with Gasteiger partial charge < -0.3 is 10.0 Å². The monoisotopic (exact) mass is 283 g/mol. The number of para-hydroxylation sites is 1. The lowest BCUT2D eigenvalue weighted by molar-refractivity contribution is 0.0558. The van der Waals surface area contributed by atoms with Crippen LogP contribution in [0.15, 0.2) is 29.2 Å². The van der Waals surface area contributed by atoms with Gasteiger partial charge in [0.05, 0.1) is 16.2 Å². The van der Waals surface area contributed by atoms with Crippen molar-refractivity contribution < 1.29 is 13.5 Å². The number of likely N-dealkylation sites (N-methyl/N-ethyl adjacent to an activating group) is 1. The Kier molecular flexibility index (Phi) is 3.87. The molecule has 0 radical (unpaired) electrons. The Morgan fingerprint density at radius 1 is 1.26 bits per heavy atom. The van der Waals surface area contributed by atoms with Crippen LogP contribution in [0.25, 0.3) is 0 Å². The summed E-state index contributed by atoms with van der Waals surface area (Å²) in [6.07, 6.45) is 4.87. The number of anilines is 1. The molecule has 0 atom stereocenters. The number of sulfone groups is 1. The van der Waals surface area contributed by atoms with Crippen molar-refractivity contribution in [2.24, 2.45) is 0 Å². The van der Waals surface area contributed by atoms with Crippen LogP contribution in [0.4, 0.5) is 5.69 Å². The minimum atomic E-state index is -3.26. The molecule has 1 aromatic carbocycles. The topological polar surface area (TPSA) is 57.6 Å². The molecule has 5 heteroatoms. The number of hydrogen-bond acceptors (Lipinski definition) is 4. The standard InChI is InChI=1S/C14H21NO3S/c1-15(11-14(16)9-5-6-10-14)12-7-3-4-8-13(12)19(2,17)18/h3-4,7-8,16H,5-6,9-11H2,1-2H3. The van der Waals surface area contributed by atoms with E-state index in [1.165, 1.54) is 6.26 Å². The molecule has 19 heavy (non-hydrogen) atoms. The Morgan fingerprint density at radius 3 is 2.42 bits per heavy atom. The molecule has 1 aliphatic carbocycles. The summed E-state index contributed by atoms with van der Waals surface area (Å²) in [5, 5.41) is 10.4. The lowest BCUT2D eigenvalue weighted by Gasteiger charge is -2.31. The quantitative estimate of drug-likeness (QED) is 0.916. The Hall–Kier alpha value is -1.07. The van der Waals surface area contributed by atoms with Gasteiger partial charge in [0, 0.05) is 19.8 Å². The fraction of sp³-hybridized carbons (Fsp3) is 0.571. The zero-order valence-electron chi connectivity index (χ0n) is 11.5. The molecule has 1 fully saturated rings. The van der Waals surface area contributed by atoms with Gasteiger partial charge in [-0.3, -0.25) is 0 Å². The van der Waals surface area contributed by atoms with Crippen molar-refractivity contribution in [3.05, 3.63) is 24.3 Å². The second kappa shape index (κ2) is 5.13. The molecule has 1 saturated carbocycles. The molecule has 1 N–H and O–H groups in total. The minimum absolute atomic E-state index is 0.319. The average molecular weight is 283 g/mol. The highest BCUT2D eigenvalue weighted by Gasteiger charge is 2.33. The average Bonchev–Trinajstić information content (AvgIpc) is 2.74. The van der Waals surface area contributed by atoms with Crippen molar-refractivity contribution >= 4 is 15.5 Å². The second-order valence-corrected chi connectivity index (χ2v) is 7.51. The second-order valence-electron chi connectivity index (χ2n) is 5.53. The zero-order chi connectivity index (χ0) is 14.1. The molecular weight excluding hydrogens is 262 g/mol. The number of aliphatic hydroxyl groups is 1. The normalized spacial score (nSPS) is 18.5. The third-order valence-corrected chi connectivity index (χ3v) is 4.89. The maximum atomic E-state index is 11.8. The molecule has 0 amide bonds. The first-order chi connectivity index (χ1) is 8.82. The fourth-order valence-corrected chi connectivity index (χ4v) is 3.73. The summed E-state index contributed by atoms with van der Waals surface area (Å²) in [7, 11) is -1.42. The summed E-state index contributed by atoms with van der Waals surface area (Å²) < 4.78 is 23.6. The maximum absolute atomic E-state index is 11.8. The van der Waals surface area contributed by atoms with Crippen molar-refractivity contribution in [2.75, 3.05) is 24.7 Å². The van der Waals surface area contributed by atoms with Crippen LogP contribution >= 0.6 is 0 Å².